The Labute approximate surface area is 208 Å². The van der Waals surface area contributed by atoms with Crippen molar-refractivity contribution in [3.05, 3.63) is 96.1 Å². The van der Waals surface area contributed by atoms with Crippen LogP contribution in [-0.4, -0.2) is 29.5 Å². The highest BCUT2D eigenvalue weighted by Crippen LogP contribution is 2.33. The lowest BCUT2D eigenvalue weighted by Crippen LogP contribution is -2.42. The molecule has 0 spiro atoms. The number of rotatable bonds is 4. The molecule has 0 aliphatic carbocycles. The Morgan fingerprint density at radius 2 is 1.72 bits per heavy atom. The zero-order chi connectivity index (χ0) is 24.6. The molecule has 0 saturated heterocycles. The lowest BCUT2D eigenvalue weighted by molar-refractivity contribution is -0.126. The third-order valence-electron chi connectivity index (χ3n) is 6.66. The molecule has 1 aliphatic heterocycles. The summed E-state index contributed by atoms with van der Waals surface area (Å²) in [6, 6.07) is 26.6. The van der Waals surface area contributed by atoms with E-state index in [1.165, 1.54) is 0 Å². The van der Waals surface area contributed by atoms with Crippen molar-refractivity contribution in [2.24, 2.45) is 0 Å². The topological polar surface area (TPSA) is 72.6 Å². The standard InChI is InChI=1S/C30H24N2O4/c1-19(29(33)32-18-8-12-20-9-2-4-16-25(20)32)35-30(34)23-14-7-11-21-10-6-13-22(27(21)23)28-31-24-15-3-5-17-26(24)36-28/h2-7,9-11,13-17,19H,8,12,18H2,1H3. The second kappa shape index (κ2) is 8.96. The van der Waals surface area contributed by atoms with Gasteiger partial charge in [-0.25, -0.2) is 9.78 Å². The van der Waals surface area contributed by atoms with Gasteiger partial charge in [-0.15, -0.1) is 0 Å². The van der Waals surface area contributed by atoms with E-state index in [0.29, 0.717) is 34.5 Å². The highest BCUT2D eigenvalue weighted by Gasteiger charge is 2.29. The number of aromatic nitrogens is 1. The highest BCUT2D eigenvalue weighted by atomic mass is 16.5. The molecular formula is C30H24N2O4. The van der Waals surface area contributed by atoms with Gasteiger partial charge in [-0.1, -0.05) is 54.6 Å². The van der Waals surface area contributed by atoms with Crippen molar-refractivity contribution in [2.45, 2.75) is 25.9 Å². The van der Waals surface area contributed by atoms with Gasteiger partial charge >= 0.3 is 5.97 Å². The summed E-state index contributed by atoms with van der Waals surface area (Å²) in [6.45, 7) is 2.23. The molecule has 6 rings (SSSR count). The first kappa shape index (κ1) is 22.0. The summed E-state index contributed by atoms with van der Waals surface area (Å²) in [7, 11) is 0. The number of anilines is 1. The molecule has 1 atom stereocenters. The minimum absolute atomic E-state index is 0.227. The van der Waals surface area contributed by atoms with Crippen molar-refractivity contribution in [2.75, 3.05) is 11.4 Å². The van der Waals surface area contributed by atoms with E-state index in [0.717, 1.165) is 35.0 Å². The van der Waals surface area contributed by atoms with Gasteiger partial charge in [0.15, 0.2) is 11.7 Å². The molecule has 0 N–H and O–H groups in total. The van der Waals surface area contributed by atoms with Crippen LogP contribution in [0, 0.1) is 0 Å². The molecule has 6 heteroatoms. The molecule has 1 unspecified atom stereocenters. The first-order valence-electron chi connectivity index (χ1n) is 12.1. The van der Waals surface area contributed by atoms with Gasteiger partial charge in [-0.3, -0.25) is 4.79 Å². The van der Waals surface area contributed by atoms with Gasteiger partial charge in [0.05, 0.1) is 5.56 Å². The van der Waals surface area contributed by atoms with Crippen molar-refractivity contribution in [3.8, 4) is 11.5 Å². The number of fused-ring (bicyclic) bond motifs is 3. The third-order valence-corrected chi connectivity index (χ3v) is 6.66. The second-order valence-electron chi connectivity index (χ2n) is 8.97. The van der Waals surface area contributed by atoms with Crippen LogP contribution in [0.25, 0.3) is 33.3 Å². The monoisotopic (exact) mass is 476 g/mol. The average molecular weight is 477 g/mol. The van der Waals surface area contributed by atoms with Gasteiger partial charge < -0.3 is 14.1 Å². The quantitative estimate of drug-likeness (QED) is 0.290. The number of para-hydroxylation sites is 3. The predicted molar refractivity (Wildman–Crippen MR) is 139 cm³/mol. The van der Waals surface area contributed by atoms with Crippen LogP contribution in [0.5, 0.6) is 0 Å². The molecule has 36 heavy (non-hydrogen) atoms. The minimum atomic E-state index is -0.935. The SMILES string of the molecule is CC(OC(=O)c1cccc2cccc(-c3nc4ccccc4o3)c12)C(=O)N1CCCc2ccccc21. The van der Waals surface area contributed by atoms with E-state index < -0.39 is 12.1 Å². The Balaban J connectivity index is 1.33. The number of carbonyl (C=O) groups excluding carboxylic acids is 2. The van der Waals surface area contributed by atoms with E-state index in [-0.39, 0.29) is 5.91 Å². The van der Waals surface area contributed by atoms with Crippen LogP contribution in [0.3, 0.4) is 0 Å². The summed E-state index contributed by atoms with van der Waals surface area (Å²) >= 11 is 0. The molecule has 0 saturated carbocycles. The van der Waals surface area contributed by atoms with E-state index in [9.17, 15) is 9.59 Å². The van der Waals surface area contributed by atoms with Crippen LogP contribution in [0.4, 0.5) is 5.69 Å². The third kappa shape index (κ3) is 3.81. The van der Waals surface area contributed by atoms with Crippen molar-refractivity contribution in [3.63, 3.8) is 0 Å². The van der Waals surface area contributed by atoms with E-state index >= 15 is 0 Å². The van der Waals surface area contributed by atoms with Crippen LogP contribution < -0.4 is 4.90 Å². The van der Waals surface area contributed by atoms with Crippen LogP contribution in [0.1, 0.15) is 29.3 Å². The van der Waals surface area contributed by atoms with Gasteiger partial charge in [-0.2, -0.15) is 0 Å². The number of aryl methyl sites for hydroxylation is 1. The Morgan fingerprint density at radius 3 is 2.58 bits per heavy atom. The molecule has 1 aliphatic rings. The van der Waals surface area contributed by atoms with Crippen molar-refractivity contribution >= 4 is 39.4 Å². The van der Waals surface area contributed by atoms with Crippen molar-refractivity contribution in [1.82, 2.24) is 4.98 Å². The molecule has 0 bridgehead atoms. The Morgan fingerprint density at radius 1 is 0.944 bits per heavy atom. The average Bonchev–Trinajstić information content (AvgIpc) is 3.36. The second-order valence-corrected chi connectivity index (χ2v) is 8.97. The first-order chi connectivity index (χ1) is 17.6. The van der Waals surface area contributed by atoms with Gasteiger partial charge in [0.2, 0.25) is 5.89 Å². The molecule has 0 fully saturated rings. The molecule has 0 radical (unpaired) electrons. The smallest absolute Gasteiger partial charge is 0.339 e. The minimum Gasteiger partial charge on any atom is -0.449 e. The van der Waals surface area contributed by atoms with Crippen molar-refractivity contribution in [1.29, 1.82) is 0 Å². The molecule has 1 aromatic heterocycles. The maximum absolute atomic E-state index is 13.4. The number of nitrogens with zero attached hydrogens (tertiary/aromatic N) is 2. The number of amides is 1. The van der Waals surface area contributed by atoms with Crippen LogP contribution >= 0.6 is 0 Å². The lowest BCUT2D eigenvalue weighted by Gasteiger charge is -2.31. The molecule has 1 amide bonds. The summed E-state index contributed by atoms with van der Waals surface area (Å²) in [5.74, 6) is -0.360. The molecule has 6 nitrogen and oxygen atoms in total. The highest BCUT2D eigenvalue weighted by molar-refractivity contribution is 6.11. The first-order valence-corrected chi connectivity index (χ1v) is 12.1. The summed E-state index contributed by atoms with van der Waals surface area (Å²) in [5.41, 5.74) is 4.49. The normalized spacial score (nSPS) is 14.0. The fraction of sp³-hybridized carbons (Fsp3) is 0.167. The molecule has 4 aromatic carbocycles. The fourth-order valence-corrected chi connectivity index (χ4v) is 4.93. The maximum atomic E-state index is 13.4. The number of oxazole rings is 1. The summed E-state index contributed by atoms with van der Waals surface area (Å²) < 4.78 is 11.7. The zero-order valence-corrected chi connectivity index (χ0v) is 19.8. The number of ether oxygens (including phenoxy) is 1. The predicted octanol–water partition coefficient (Wildman–Crippen LogP) is 6.17. The molecule has 2 heterocycles. The van der Waals surface area contributed by atoms with Gasteiger partial charge in [-0.05, 0) is 61.0 Å². The largest absolute Gasteiger partial charge is 0.449 e. The number of carbonyl (C=O) groups is 2. The van der Waals surface area contributed by atoms with Gasteiger partial charge in [0, 0.05) is 23.2 Å². The lowest BCUT2D eigenvalue weighted by atomic mass is 9.99. The Hall–Kier alpha value is -4.45. The summed E-state index contributed by atoms with van der Waals surface area (Å²) in [4.78, 5) is 33.1. The fourth-order valence-electron chi connectivity index (χ4n) is 4.93. The number of esters is 1. The van der Waals surface area contributed by atoms with Crippen LogP contribution in [-0.2, 0) is 16.0 Å². The van der Waals surface area contributed by atoms with E-state index in [2.05, 4.69) is 4.98 Å². The zero-order valence-electron chi connectivity index (χ0n) is 19.8. The Kier molecular flexibility index (Phi) is 5.49. The van der Waals surface area contributed by atoms with Crippen LogP contribution in [0.15, 0.2) is 89.3 Å². The molecule has 5 aromatic rings. The van der Waals surface area contributed by atoms with Gasteiger partial charge in [0.1, 0.15) is 5.52 Å². The summed E-state index contributed by atoms with van der Waals surface area (Å²) in [5, 5.41) is 1.53. The van der Waals surface area contributed by atoms with E-state index in [4.69, 9.17) is 9.15 Å². The van der Waals surface area contributed by atoms with Gasteiger partial charge in [0.25, 0.3) is 5.91 Å². The number of benzene rings is 4. The van der Waals surface area contributed by atoms with E-state index in [1.807, 2.05) is 78.9 Å². The van der Waals surface area contributed by atoms with Crippen LogP contribution in [0.2, 0.25) is 0 Å². The van der Waals surface area contributed by atoms with E-state index in [1.54, 1.807) is 17.9 Å². The number of hydrogen-bond acceptors (Lipinski definition) is 5. The molecule has 178 valence electrons. The summed E-state index contributed by atoms with van der Waals surface area (Å²) in [6.07, 6.45) is 0.874. The maximum Gasteiger partial charge on any atom is 0.339 e. The Bertz CT molecular complexity index is 1580. The molecular weight excluding hydrogens is 452 g/mol. The van der Waals surface area contributed by atoms with Crippen molar-refractivity contribution < 1.29 is 18.7 Å². The number of hydrogen-bond donors (Lipinski definition) is 0.